The lowest BCUT2D eigenvalue weighted by molar-refractivity contribution is 0.184. The van der Waals surface area contributed by atoms with E-state index >= 15 is 0 Å². The summed E-state index contributed by atoms with van der Waals surface area (Å²) >= 11 is 0. The molecule has 0 amide bonds. The Hall–Kier alpha value is -2.57. The normalized spacial score (nSPS) is 12.6. The van der Waals surface area contributed by atoms with Gasteiger partial charge >= 0.3 is 0 Å². The number of nitrogens with zero attached hydrogens (tertiary/aromatic N) is 2. The number of benzene rings is 1. The summed E-state index contributed by atoms with van der Waals surface area (Å²) < 4.78 is 1.92. The van der Waals surface area contributed by atoms with Crippen LogP contribution in [-0.2, 0) is 6.54 Å². The van der Waals surface area contributed by atoms with E-state index in [9.17, 15) is 5.11 Å². The molecule has 0 fully saturated rings. The number of imidazole rings is 1. The number of hydrogen-bond donors (Lipinski definition) is 1. The summed E-state index contributed by atoms with van der Waals surface area (Å²) in [7, 11) is 0. The van der Waals surface area contributed by atoms with Gasteiger partial charge in [0.05, 0.1) is 0 Å². The highest BCUT2D eigenvalue weighted by Crippen LogP contribution is 2.18. The molecular formula is C22H26N2O. The van der Waals surface area contributed by atoms with Gasteiger partial charge in [-0.2, -0.15) is 0 Å². The molecule has 1 atom stereocenters. The van der Waals surface area contributed by atoms with Gasteiger partial charge in [-0.25, -0.2) is 4.98 Å². The van der Waals surface area contributed by atoms with Crippen molar-refractivity contribution < 1.29 is 5.11 Å². The van der Waals surface area contributed by atoms with Gasteiger partial charge in [0.25, 0.3) is 0 Å². The predicted molar refractivity (Wildman–Crippen MR) is 104 cm³/mol. The van der Waals surface area contributed by atoms with Crippen molar-refractivity contribution >= 4 is 5.57 Å². The Balaban J connectivity index is 2.09. The first-order valence-electron chi connectivity index (χ1n) is 8.54. The third-order valence-corrected chi connectivity index (χ3v) is 3.76. The lowest BCUT2D eigenvalue weighted by atomic mass is 10.0. The molecular weight excluding hydrogens is 308 g/mol. The van der Waals surface area contributed by atoms with Crippen LogP contribution in [0.15, 0.2) is 54.9 Å². The average Bonchev–Trinajstić information content (AvgIpc) is 3.01. The number of rotatable bonds is 5. The van der Waals surface area contributed by atoms with Crippen molar-refractivity contribution in [1.82, 2.24) is 9.55 Å². The molecule has 0 aliphatic carbocycles. The standard InChI is InChI=1S/C22H26N2O/c1-16(2)6-7-20-8-10-21(11-9-20)18(4)14-17(3)15-24-13-12-23-22(24)19(5)25/h8-14,16,19,25H,3,15H2,1-2,4-5H3/b18-14+/t19-/m0/s1. The van der Waals surface area contributed by atoms with Crippen LogP contribution in [0.2, 0.25) is 0 Å². The SMILES string of the molecule is C=C(/C=C(\C)c1ccc(C#CC(C)C)cc1)Cn1ccnc1[C@H](C)O. The second kappa shape index (κ2) is 8.50. The quantitative estimate of drug-likeness (QED) is 0.641. The molecule has 1 aromatic heterocycles. The van der Waals surface area contributed by atoms with Crippen molar-refractivity contribution in [2.45, 2.75) is 40.3 Å². The van der Waals surface area contributed by atoms with E-state index in [0.29, 0.717) is 18.3 Å². The first-order valence-corrected chi connectivity index (χ1v) is 8.54. The third-order valence-electron chi connectivity index (χ3n) is 3.76. The summed E-state index contributed by atoms with van der Waals surface area (Å²) in [5, 5.41) is 9.73. The van der Waals surface area contributed by atoms with Gasteiger partial charge in [-0.15, -0.1) is 0 Å². The first kappa shape index (κ1) is 18.8. The molecule has 25 heavy (non-hydrogen) atoms. The van der Waals surface area contributed by atoms with E-state index in [4.69, 9.17) is 0 Å². The number of aliphatic hydroxyl groups is 1. The Morgan fingerprint density at radius 3 is 2.56 bits per heavy atom. The maximum Gasteiger partial charge on any atom is 0.137 e. The molecule has 1 aromatic carbocycles. The van der Waals surface area contributed by atoms with Crippen LogP contribution in [0.4, 0.5) is 0 Å². The zero-order chi connectivity index (χ0) is 18.4. The molecule has 0 radical (unpaired) electrons. The topological polar surface area (TPSA) is 38.0 Å². The second-order valence-corrected chi connectivity index (χ2v) is 6.58. The zero-order valence-corrected chi connectivity index (χ0v) is 15.5. The number of allylic oxidation sites excluding steroid dienone is 3. The summed E-state index contributed by atoms with van der Waals surface area (Å²) in [6.07, 6.45) is 5.04. The summed E-state index contributed by atoms with van der Waals surface area (Å²) in [6, 6.07) is 8.27. The fourth-order valence-electron chi connectivity index (χ4n) is 2.52. The van der Waals surface area contributed by atoms with Gasteiger partial charge in [0.1, 0.15) is 11.9 Å². The maximum atomic E-state index is 9.73. The molecule has 0 aliphatic heterocycles. The van der Waals surface area contributed by atoms with Crippen molar-refractivity contribution in [2.75, 3.05) is 0 Å². The van der Waals surface area contributed by atoms with Gasteiger partial charge in [0, 0.05) is 30.4 Å². The molecule has 0 aliphatic rings. The van der Waals surface area contributed by atoms with Crippen LogP contribution in [0.25, 0.3) is 5.57 Å². The zero-order valence-electron chi connectivity index (χ0n) is 15.5. The lowest BCUT2D eigenvalue weighted by Crippen LogP contribution is -2.07. The van der Waals surface area contributed by atoms with E-state index in [2.05, 4.69) is 62.4 Å². The summed E-state index contributed by atoms with van der Waals surface area (Å²) in [6.45, 7) is 12.7. The van der Waals surface area contributed by atoms with Gasteiger partial charge in [0.15, 0.2) is 0 Å². The number of aliphatic hydroxyl groups excluding tert-OH is 1. The van der Waals surface area contributed by atoms with Gasteiger partial charge in [-0.05, 0) is 42.7 Å². The van der Waals surface area contributed by atoms with Crippen molar-refractivity contribution in [3.05, 3.63) is 71.8 Å². The Labute approximate surface area is 150 Å². The average molecular weight is 334 g/mol. The molecule has 0 unspecified atom stereocenters. The molecule has 1 heterocycles. The molecule has 2 rings (SSSR count). The molecule has 3 heteroatoms. The molecule has 130 valence electrons. The minimum Gasteiger partial charge on any atom is -0.385 e. The summed E-state index contributed by atoms with van der Waals surface area (Å²) in [4.78, 5) is 4.18. The Bertz CT molecular complexity index is 812. The third kappa shape index (κ3) is 5.48. The van der Waals surface area contributed by atoms with Gasteiger partial charge in [-0.3, -0.25) is 0 Å². The van der Waals surface area contributed by atoms with Crippen molar-refractivity contribution in [1.29, 1.82) is 0 Å². The van der Waals surface area contributed by atoms with E-state index < -0.39 is 6.10 Å². The molecule has 0 saturated heterocycles. The molecule has 0 saturated carbocycles. The van der Waals surface area contributed by atoms with Crippen LogP contribution in [0.5, 0.6) is 0 Å². The van der Waals surface area contributed by atoms with Crippen LogP contribution >= 0.6 is 0 Å². The van der Waals surface area contributed by atoms with E-state index in [-0.39, 0.29) is 0 Å². The molecule has 0 spiro atoms. The van der Waals surface area contributed by atoms with Crippen LogP contribution in [0, 0.1) is 17.8 Å². The van der Waals surface area contributed by atoms with Crippen LogP contribution in [0.3, 0.4) is 0 Å². The van der Waals surface area contributed by atoms with E-state index in [0.717, 1.165) is 22.3 Å². The van der Waals surface area contributed by atoms with Gasteiger partial charge < -0.3 is 9.67 Å². The fourth-order valence-corrected chi connectivity index (χ4v) is 2.52. The fraction of sp³-hybridized carbons (Fsp3) is 0.318. The highest BCUT2D eigenvalue weighted by Gasteiger charge is 2.08. The second-order valence-electron chi connectivity index (χ2n) is 6.58. The maximum absolute atomic E-state index is 9.73. The van der Waals surface area contributed by atoms with Crippen LogP contribution in [0.1, 0.15) is 50.8 Å². The smallest absolute Gasteiger partial charge is 0.137 e. The first-order chi connectivity index (χ1) is 11.9. The predicted octanol–water partition coefficient (Wildman–Crippen LogP) is 4.60. The van der Waals surface area contributed by atoms with Crippen LogP contribution < -0.4 is 0 Å². The van der Waals surface area contributed by atoms with Crippen molar-refractivity contribution in [3.63, 3.8) is 0 Å². The Morgan fingerprint density at radius 1 is 1.28 bits per heavy atom. The summed E-state index contributed by atoms with van der Waals surface area (Å²) in [5.41, 5.74) is 4.29. The Morgan fingerprint density at radius 2 is 1.96 bits per heavy atom. The largest absolute Gasteiger partial charge is 0.385 e. The van der Waals surface area contributed by atoms with Gasteiger partial charge in [-0.1, -0.05) is 50.5 Å². The monoisotopic (exact) mass is 334 g/mol. The highest BCUT2D eigenvalue weighted by atomic mass is 16.3. The van der Waals surface area contributed by atoms with E-state index in [1.165, 1.54) is 0 Å². The molecule has 3 nitrogen and oxygen atoms in total. The molecule has 2 aromatic rings. The minimum atomic E-state index is -0.590. The lowest BCUT2D eigenvalue weighted by Gasteiger charge is -2.10. The summed E-state index contributed by atoms with van der Waals surface area (Å²) in [5.74, 6) is 7.38. The number of aromatic nitrogens is 2. The van der Waals surface area contributed by atoms with Crippen molar-refractivity contribution in [2.24, 2.45) is 5.92 Å². The van der Waals surface area contributed by atoms with E-state index in [1.54, 1.807) is 13.1 Å². The Kier molecular flexibility index (Phi) is 6.38. The van der Waals surface area contributed by atoms with Crippen molar-refractivity contribution in [3.8, 4) is 11.8 Å². The molecule has 0 bridgehead atoms. The molecule has 1 N–H and O–H groups in total. The highest BCUT2D eigenvalue weighted by molar-refractivity contribution is 5.66. The number of hydrogen-bond acceptors (Lipinski definition) is 2. The van der Waals surface area contributed by atoms with E-state index in [1.807, 2.05) is 22.9 Å². The van der Waals surface area contributed by atoms with Crippen LogP contribution in [-0.4, -0.2) is 14.7 Å². The minimum absolute atomic E-state index is 0.374. The van der Waals surface area contributed by atoms with Gasteiger partial charge in [0.2, 0.25) is 0 Å².